The van der Waals surface area contributed by atoms with E-state index in [1.54, 1.807) is 0 Å². The highest BCUT2D eigenvalue weighted by atomic mass is 35.5. The van der Waals surface area contributed by atoms with E-state index in [1.165, 1.54) is 19.3 Å². The van der Waals surface area contributed by atoms with Gasteiger partial charge in [-0.3, -0.25) is 9.89 Å². The summed E-state index contributed by atoms with van der Waals surface area (Å²) in [6.07, 6.45) is 7.02. The molecule has 1 aliphatic carbocycles. The fraction of sp³-hybridized carbons (Fsp3) is 0.778. The van der Waals surface area contributed by atoms with E-state index in [1.807, 2.05) is 6.92 Å². The molecule has 1 aromatic rings. The van der Waals surface area contributed by atoms with Gasteiger partial charge in [-0.25, -0.2) is 0 Å². The van der Waals surface area contributed by atoms with Crippen molar-refractivity contribution in [3.05, 3.63) is 17.5 Å². The maximum Gasteiger partial charge on any atom is 0.230 e. The number of nitrogens with one attached hydrogen (secondary N) is 2. The van der Waals surface area contributed by atoms with Gasteiger partial charge in [0.2, 0.25) is 5.91 Å². The molecule has 1 saturated carbocycles. The monoisotopic (exact) mass is 352 g/mol. The molecule has 0 spiro atoms. The van der Waals surface area contributed by atoms with E-state index in [0.717, 1.165) is 56.8 Å². The number of piperidine rings is 1. The van der Waals surface area contributed by atoms with Gasteiger partial charge in [0.05, 0.1) is 11.1 Å². The predicted octanol–water partition coefficient (Wildman–Crippen LogP) is 2.63. The lowest BCUT2D eigenvalue weighted by molar-refractivity contribution is -0.146. The van der Waals surface area contributed by atoms with Crippen molar-refractivity contribution in [2.45, 2.75) is 51.4 Å². The fourth-order valence-electron chi connectivity index (χ4n) is 5.03. The highest BCUT2D eigenvalue weighted by Gasteiger charge is 2.51. The largest absolute Gasteiger partial charge is 0.341 e. The smallest absolute Gasteiger partial charge is 0.230 e. The molecule has 1 amide bonds. The van der Waals surface area contributed by atoms with Crippen LogP contribution in [0.1, 0.15) is 55.8 Å². The summed E-state index contributed by atoms with van der Waals surface area (Å²) in [5, 5.41) is 11.0. The van der Waals surface area contributed by atoms with Gasteiger partial charge in [-0.1, -0.05) is 12.8 Å². The van der Waals surface area contributed by atoms with Gasteiger partial charge in [0.1, 0.15) is 0 Å². The van der Waals surface area contributed by atoms with E-state index >= 15 is 0 Å². The topological polar surface area (TPSA) is 61.0 Å². The molecule has 3 atom stereocenters. The van der Waals surface area contributed by atoms with Crippen LogP contribution in [-0.2, 0) is 4.79 Å². The van der Waals surface area contributed by atoms with Crippen LogP contribution < -0.4 is 5.32 Å². The third-order valence-electron chi connectivity index (χ3n) is 6.32. The van der Waals surface area contributed by atoms with Crippen molar-refractivity contribution in [3.8, 4) is 0 Å². The number of nitrogens with zero attached hydrogens (tertiary/aromatic N) is 2. The summed E-state index contributed by atoms with van der Waals surface area (Å²) in [5.74, 6) is 1.37. The lowest BCUT2D eigenvalue weighted by Crippen LogP contribution is -2.52. The number of amides is 1. The SMILES string of the molecule is Cc1cc(C2CCCN(C(=O)[C@@]34CCCC[C@H]3CNC4)C2)n[nH]1.Cl. The minimum absolute atomic E-state index is 0. The molecule has 2 N–H and O–H groups in total. The van der Waals surface area contributed by atoms with E-state index in [9.17, 15) is 4.79 Å². The van der Waals surface area contributed by atoms with Crippen LogP contribution in [0.25, 0.3) is 0 Å². The molecule has 2 saturated heterocycles. The predicted molar refractivity (Wildman–Crippen MR) is 96.4 cm³/mol. The lowest BCUT2D eigenvalue weighted by Gasteiger charge is -2.43. The Labute approximate surface area is 150 Å². The van der Waals surface area contributed by atoms with Crippen LogP contribution in [0, 0.1) is 18.3 Å². The maximum absolute atomic E-state index is 13.4. The zero-order chi connectivity index (χ0) is 15.9. The van der Waals surface area contributed by atoms with Gasteiger partial charge < -0.3 is 10.2 Å². The summed E-state index contributed by atoms with van der Waals surface area (Å²) in [4.78, 5) is 15.6. The number of aryl methyl sites for hydroxylation is 1. The summed E-state index contributed by atoms with van der Waals surface area (Å²) in [5.41, 5.74) is 2.12. The lowest BCUT2D eigenvalue weighted by atomic mass is 9.67. The maximum atomic E-state index is 13.4. The van der Waals surface area contributed by atoms with Gasteiger partial charge in [-0.05, 0) is 51.1 Å². The highest BCUT2D eigenvalue weighted by Crippen LogP contribution is 2.45. The molecular formula is C18H29ClN4O. The second-order valence-corrected chi connectivity index (χ2v) is 7.80. The van der Waals surface area contributed by atoms with Crippen LogP contribution in [-0.4, -0.2) is 47.2 Å². The zero-order valence-corrected chi connectivity index (χ0v) is 15.3. The Hall–Kier alpha value is -1.07. The third-order valence-corrected chi connectivity index (χ3v) is 6.32. The minimum atomic E-state index is -0.109. The molecule has 0 bridgehead atoms. The van der Waals surface area contributed by atoms with Crippen molar-refractivity contribution in [1.29, 1.82) is 0 Å². The molecule has 134 valence electrons. The van der Waals surface area contributed by atoms with Crippen LogP contribution in [0.5, 0.6) is 0 Å². The van der Waals surface area contributed by atoms with Crippen LogP contribution in [0.3, 0.4) is 0 Å². The van der Waals surface area contributed by atoms with Crippen molar-refractivity contribution in [1.82, 2.24) is 20.4 Å². The molecule has 3 heterocycles. The number of likely N-dealkylation sites (tertiary alicyclic amines) is 1. The van der Waals surface area contributed by atoms with Crippen LogP contribution >= 0.6 is 12.4 Å². The Bertz CT molecular complexity index is 589. The number of hydrogen-bond donors (Lipinski definition) is 2. The summed E-state index contributed by atoms with van der Waals surface area (Å²) >= 11 is 0. The Morgan fingerprint density at radius 3 is 3.00 bits per heavy atom. The Morgan fingerprint density at radius 2 is 2.21 bits per heavy atom. The van der Waals surface area contributed by atoms with Crippen molar-refractivity contribution in [2.24, 2.45) is 11.3 Å². The molecule has 24 heavy (non-hydrogen) atoms. The standard InChI is InChI=1S/C18H28N4O.ClH/c1-13-9-16(21-20-13)14-5-4-8-22(11-14)17(23)18-7-3-2-6-15(18)10-19-12-18;/h9,14-15,19H,2-8,10-12H2,1H3,(H,20,21);1H/t14?,15-,18+;/m0./s1. The van der Waals surface area contributed by atoms with Crippen molar-refractivity contribution >= 4 is 18.3 Å². The summed E-state index contributed by atoms with van der Waals surface area (Å²) in [6.45, 7) is 5.73. The minimum Gasteiger partial charge on any atom is -0.341 e. The van der Waals surface area contributed by atoms with E-state index in [-0.39, 0.29) is 17.8 Å². The quantitative estimate of drug-likeness (QED) is 0.860. The second-order valence-electron chi connectivity index (χ2n) is 7.80. The molecule has 0 aromatic carbocycles. The molecule has 6 heteroatoms. The molecule has 1 unspecified atom stereocenters. The normalized spacial score (nSPS) is 33.0. The van der Waals surface area contributed by atoms with Gasteiger partial charge in [-0.2, -0.15) is 5.10 Å². The summed E-state index contributed by atoms with van der Waals surface area (Å²) < 4.78 is 0. The van der Waals surface area contributed by atoms with Crippen LogP contribution in [0.15, 0.2) is 6.07 Å². The molecule has 1 aromatic heterocycles. The van der Waals surface area contributed by atoms with E-state index in [4.69, 9.17) is 0 Å². The Morgan fingerprint density at radius 1 is 1.33 bits per heavy atom. The number of carbonyl (C=O) groups is 1. The average Bonchev–Trinajstić information content (AvgIpc) is 3.21. The number of aromatic amines is 1. The number of H-pyrrole nitrogens is 1. The van der Waals surface area contributed by atoms with Gasteiger partial charge >= 0.3 is 0 Å². The first-order valence-electron chi connectivity index (χ1n) is 9.21. The molecule has 0 radical (unpaired) electrons. The van der Waals surface area contributed by atoms with Crippen molar-refractivity contribution in [2.75, 3.05) is 26.2 Å². The van der Waals surface area contributed by atoms with E-state index < -0.39 is 0 Å². The van der Waals surface area contributed by atoms with Gasteiger partial charge in [-0.15, -0.1) is 12.4 Å². The van der Waals surface area contributed by atoms with Crippen molar-refractivity contribution in [3.63, 3.8) is 0 Å². The molecule has 4 rings (SSSR count). The second kappa shape index (κ2) is 7.04. The number of carbonyl (C=O) groups excluding carboxylic acids is 1. The van der Waals surface area contributed by atoms with Gasteiger partial charge in [0.15, 0.2) is 0 Å². The Balaban J connectivity index is 0.00000169. The zero-order valence-electron chi connectivity index (χ0n) is 14.5. The number of halogens is 1. The number of rotatable bonds is 2. The highest BCUT2D eigenvalue weighted by molar-refractivity contribution is 5.85. The number of aromatic nitrogens is 2. The fourth-order valence-corrected chi connectivity index (χ4v) is 5.03. The summed E-state index contributed by atoms with van der Waals surface area (Å²) in [7, 11) is 0. The molecule has 2 aliphatic heterocycles. The molecule has 3 aliphatic rings. The first kappa shape index (κ1) is 17.7. The molecule has 3 fully saturated rings. The van der Waals surface area contributed by atoms with Crippen LogP contribution in [0.4, 0.5) is 0 Å². The number of fused-ring (bicyclic) bond motifs is 1. The first-order valence-corrected chi connectivity index (χ1v) is 9.21. The van der Waals surface area contributed by atoms with E-state index in [0.29, 0.717) is 17.7 Å². The van der Waals surface area contributed by atoms with Gasteiger partial charge in [0.25, 0.3) is 0 Å². The molecule has 5 nitrogen and oxygen atoms in total. The third kappa shape index (κ3) is 2.97. The van der Waals surface area contributed by atoms with Gasteiger partial charge in [0, 0.05) is 31.2 Å². The Kier molecular flexibility index (Phi) is 5.21. The van der Waals surface area contributed by atoms with Crippen molar-refractivity contribution < 1.29 is 4.79 Å². The van der Waals surface area contributed by atoms with E-state index in [2.05, 4.69) is 26.5 Å². The average molecular weight is 353 g/mol. The number of hydrogen-bond acceptors (Lipinski definition) is 3. The van der Waals surface area contributed by atoms with Crippen LogP contribution in [0.2, 0.25) is 0 Å². The first-order chi connectivity index (χ1) is 11.2. The summed E-state index contributed by atoms with van der Waals surface area (Å²) in [6, 6.07) is 2.14. The molecular weight excluding hydrogens is 324 g/mol.